The average molecular weight is 265 g/mol. The van der Waals surface area contributed by atoms with Gasteiger partial charge in [0.05, 0.1) is 11.9 Å². The van der Waals surface area contributed by atoms with Crippen LogP contribution in [0.5, 0.6) is 0 Å². The van der Waals surface area contributed by atoms with E-state index in [0.717, 1.165) is 5.56 Å². The van der Waals surface area contributed by atoms with Crippen LogP contribution in [0.1, 0.15) is 31.9 Å². The Morgan fingerprint density at radius 2 is 1.83 bits per heavy atom. The van der Waals surface area contributed by atoms with E-state index in [0.29, 0.717) is 11.3 Å². The summed E-state index contributed by atoms with van der Waals surface area (Å²) in [6.45, 7) is 6.12. The smallest absolute Gasteiger partial charge is 0.232 e. The molecule has 0 aliphatic heterocycles. The van der Waals surface area contributed by atoms with Crippen molar-refractivity contribution in [1.82, 2.24) is 0 Å². The molecule has 0 saturated heterocycles. The van der Waals surface area contributed by atoms with E-state index in [1.165, 1.54) is 10.6 Å². The van der Waals surface area contributed by atoms with Gasteiger partial charge in [0.2, 0.25) is 10.0 Å². The number of sulfonamides is 1. The van der Waals surface area contributed by atoms with Gasteiger partial charge >= 0.3 is 0 Å². The average Bonchev–Trinajstić information content (AvgIpc) is 2.24. The largest absolute Gasteiger partial charge is 0.273 e. The highest BCUT2D eigenvalue weighted by atomic mass is 32.2. The maximum absolute atomic E-state index is 11.7. The van der Waals surface area contributed by atoms with Gasteiger partial charge in [-0.3, -0.25) is 4.31 Å². The van der Waals surface area contributed by atoms with Crippen molar-refractivity contribution in [2.24, 2.45) is 0 Å². The van der Waals surface area contributed by atoms with Gasteiger partial charge in [-0.15, -0.1) is 6.42 Å². The fourth-order valence-electron chi connectivity index (χ4n) is 1.69. The molecular weight excluding hydrogens is 246 g/mol. The Labute approximate surface area is 110 Å². The van der Waals surface area contributed by atoms with E-state index in [4.69, 9.17) is 6.42 Å². The van der Waals surface area contributed by atoms with Crippen LogP contribution in [0.2, 0.25) is 0 Å². The van der Waals surface area contributed by atoms with Gasteiger partial charge in [0.1, 0.15) is 0 Å². The Morgan fingerprint density at radius 1 is 1.28 bits per heavy atom. The molecule has 0 heterocycles. The maximum atomic E-state index is 11.7. The molecule has 0 bridgehead atoms. The first-order chi connectivity index (χ1) is 8.07. The molecule has 0 saturated carbocycles. The van der Waals surface area contributed by atoms with E-state index in [9.17, 15) is 8.42 Å². The molecule has 0 spiro atoms. The zero-order chi connectivity index (χ0) is 14.1. The van der Waals surface area contributed by atoms with Gasteiger partial charge in [-0.1, -0.05) is 32.8 Å². The number of hydrogen-bond acceptors (Lipinski definition) is 2. The second-order valence-corrected chi connectivity index (χ2v) is 7.37. The molecular formula is C14H19NO2S. The minimum Gasteiger partial charge on any atom is -0.273 e. The zero-order valence-electron chi connectivity index (χ0n) is 11.5. The summed E-state index contributed by atoms with van der Waals surface area (Å²) >= 11 is 0. The Balaban J connectivity index is 3.53. The monoisotopic (exact) mass is 265 g/mol. The summed E-state index contributed by atoms with van der Waals surface area (Å²) in [5.41, 5.74) is 2.12. The quantitative estimate of drug-likeness (QED) is 0.770. The molecule has 0 unspecified atom stereocenters. The van der Waals surface area contributed by atoms with Crippen LogP contribution < -0.4 is 4.31 Å². The fraction of sp³-hybridized carbons (Fsp3) is 0.429. The number of rotatable bonds is 2. The van der Waals surface area contributed by atoms with Gasteiger partial charge in [0.15, 0.2) is 0 Å². The molecule has 0 atom stereocenters. The van der Waals surface area contributed by atoms with Gasteiger partial charge < -0.3 is 0 Å². The van der Waals surface area contributed by atoms with Crippen LogP contribution in [-0.2, 0) is 15.4 Å². The second kappa shape index (κ2) is 4.66. The lowest BCUT2D eigenvalue weighted by Crippen LogP contribution is -2.28. The Hall–Kier alpha value is -1.47. The van der Waals surface area contributed by atoms with Crippen LogP contribution in [-0.4, -0.2) is 21.7 Å². The van der Waals surface area contributed by atoms with Crippen molar-refractivity contribution in [1.29, 1.82) is 0 Å². The van der Waals surface area contributed by atoms with E-state index in [1.54, 1.807) is 13.1 Å². The molecule has 0 N–H and O–H groups in total. The summed E-state index contributed by atoms with van der Waals surface area (Å²) in [7, 11) is -1.76. The summed E-state index contributed by atoms with van der Waals surface area (Å²) in [4.78, 5) is 0. The first kappa shape index (κ1) is 14.6. The summed E-state index contributed by atoms with van der Waals surface area (Å²) < 4.78 is 24.6. The number of terminal acetylenes is 1. The predicted octanol–water partition coefficient (Wildman–Crippen LogP) is 2.36. The fourth-order valence-corrected chi connectivity index (χ4v) is 2.20. The highest BCUT2D eigenvalue weighted by Crippen LogP contribution is 2.33. The van der Waals surface area contributed by atoms with Gasteiger partial charge in [0, 0.05) is 12.6 Å². The third-order valence-corrected chi connectivity index (χ3v) is 4.00. The molecule has 1 aromatic carbocycles. The van der Waals surface area contributed by atoms with Gasteiger partial charge in [-0.05, 0) is 23.1 Å². The van der Waals surface area contributed by atoms with E-state index in [1.807, 2.05) is 32.9 Å². The second-order valence-electron chi connectivity index (χ2n) is 5.36. The van der Waals surface area contributed by atoms with Gasteiger partial charge in [-0.25, -0.2) is 8.42 Å². The van der Waals surface area contributed by atoms with E-state index in [2.05, 4.69) is 5.92 Å². The normalized spacial score (nSPS) is 12.0. The van der Waals surface area contributed by atoms with Crippen molar-refractivity contribution >= 4 is 15.7 Å². The van der Waals surface area contributed by atoms with Crippen molar-refractivity contribution in [2.75, 3.05) is 17.6 Å². The number of nitrogens with zero attached hydrogens (tertiary/aromatic N) is 1. The summed E-state index contributed by atoms with van der Waals surface area (Å²) in [6.07, 6.45) is 6.55. The lowest BCUT2D eigenvalue weighted by molar-refractivity contribution is 0.586. The molecule has 4 heteroatoms. The van der Waals surface area contributed by atoms with Crippen LogP contribution in [0, 0.1) is 12.3 Å². The highest BCUT2D eigenvalue weighted by molar-refractivity contribution is 7.92. The van der Waals surface area contributed by atoms with Gasteiger partial charge in [0.25, 0.3) is 0 Å². The van der Waals surface area contributed by atoms with Crippen LogP contribution in [0.3, 0.4) is 0 Å². The maximum Gasteiger partial charge on any atom is 0.232 e. The van der Waals surface area contributed by atoms with Crippen molar-refractivity contribution in [3.63, 3.8) is 0 Å². The summed E-state index contributed by atoms with van der Waals surface area (Å²) in [5.74, 6) is 2.53. The van der Waals surface area contributed by atoms with Crippen LogP contribution >= 0.6 is 0 Å². The number of benzene rings is 1. The Kier molecular flexibility index (Phi) is 3.78. The molecule has 0 aliphatic rings. The minimum absolute atomic E-state index is 0.151. The van der Waals surface area contributed by atoms with Crippen molar-refractivity contribution in [3.05, 3.63) is 29.3 Å². The van der Waals surface area contributed by atoms with Crippen molar-refractivity contribution in [2.45, 2.75) is 26.2 Å². The van der Waals surface area contributed by atoms with Crippen LogP contribution in [0.4, 0.5) is 5.69 Å². The standard InChI is InChI=1S/C14H19NO2S/c1-7-11-8-9-12(14(2,3)4)13(10-11)15(5)18(6,16)17/h1,8-10H,2-6H3. The molecule has 98 valence electrons. The first-order valence-corrected chi connectivity index (χ1v) is 7.47. The Bertz CT molecular complexity index is 589. The summed E-state index contributed by atoms with van der Waals surface area (Å²) in [5, 5.41) is 0. The van der Waals surface area contributed by atoms with E-state index in [-0.39, 0.29) is 5.41 Å². The van der Waals surface area contributed by atoms with E-state index < -0.39 is 10.0 Å². The highest BCUT2D eigenvalue weighted by Gasteiger charge is 2.23. The number of hydrogen-bond donors (Lipinski definition) is 0. The molecule has 0 radical (unpaired) electrons. The molecule has 0 fully saturated rings. The Morgan fingerprint density at radius 3 is 2.22 bits per heavy atom. The SMILES string of the molecule is C#Cc1ccc(C(C)(C)C)c(N(C)S(C)(=O)=O)c1. The minimum atomic E-state index is -3.30. The third kappa shape index (κ3) is 3.05. The molecule has 0 aliphatic carbocycles. The van der Waals surface area contributed by atoms with Crippen LogP contribution in [0.15, 0.2) is 18.2 Å². The lowest BCUT2D eigenvalue weighted by atomic mass is 9.85. The molecule has 18 heavy (non-hydrogen) atoms. The van der Waals surface area contributed by atoms with Crippen molar-refractivity contribution in [3.8, 4) is 12.3 Å². The predicted molar refractivity (Wildman–Crippen MR) is 76.3 cm³/mol. The van der Waals surface area contributed by atoms with Gasteiger partial charge in [-0.2, -0.15) is 0 Å². The molecule has 3 nitrogen and oxygen atoms in total. The topological polar surface area (TPSA) is 37.4 Å². The van der Waals surface area contributed by atoms with E-state index >= 15 is 0 Å². The third-order valence-electron chi connectivity index (χ3n) is 2.81. The molecule has 1 aromatic rings. The van der Waals surface area contributed by atoms with Crippen LogP contribution in [0.25, 0.3) is 0 Å². The number of anilines is 1. The lowest BCUT2D eigenvalue weighted by Gasteiger charge is -2.27. The summed E-state index contributed by atoms with van der Waals surface area (Å²) in [6, 6.07) is 5.47. The molecule has 1 rings (SSSR count). The zero-order valence-corrected chi connectivity index (χ0v) is 12.3. The van der Waals surface area contributed by atoms with Crippen molar-refractivity contribution < 1.29 is 8.42 Å². The molecule has 0 aromatic heterocycles. The molecule has 0 amide bonds. The first-order valence-electron chi connectivity index (χ1n) is 5.62.